The maximum atomic E-state index is 12.7. The van der Waals surface area contributed by atoms with Crippen LogP contribution in [-0.2, 0) is 10.0 Å². The Labute approximate surface area is 121 Å². The first kappa shape index (κ1) is 13.3. The normalized spacial score (nSPS) is 15.3. The van der Waals surface area contributed by atoms with Crippen LogP contribution in [0.25, 0.3) is 0 Å². The minimum Gasteiger partial charge on any atom is -0.371 e. The van der Waals surface area contributed by atoms with E-state index in [0.29, 0.717) is 18.8 Å². The Morgan fingerprint density at radius 3 is 2.75 bits per heavy atom. The van der Waals surface area contributed by atoms with Crippen LogP contribution in [0.3, 0.4) is 0 Å². The van der Waals surface area contributed by atoms with Crippen molar-refractivity contribution in [1.29, 1.82) is 0 Å². The largest absolute Gasteiger partial charge is 0.371 e. The molecule has 0 atom stereocenters. The molecule has 106 valence electrons. The van der Waals surface area contributed by atoms with Crippen molar-refractivity contribution >= 4 is 32.7 Å². The Morgan fingerprint density at radius 2 is 2.05 bits per heavy atom. The predicted octanol–water partition coefficient (Wildman–Crippen LogP) is 1.49. The number of aryl methyl sites for hydroxylation is 1. The fourth-order valence-corrected chi connectivity index (χ4v) is 4.87. The van der Waals surface area contributed by atoms with Crippen molar-refractivity contribution in [1.82, 2.24) is 9.97 Å². The van der Waals surface area contributed by atoms with Crippen LogP contribution >= 0.6 is 11.3 Å². The van der Waals surface area contributed by atoms with Crippen molar-refractivity contribution in [3.8, 4) is 0 Å². The lowest BCUT2D eigenvalue weighted by Crippen LogP contribution is -2.42. The number of hydrogen-bond acceptors (Lipinski definition) is 6. The summed E-state index contributed by atoms with van der Waals surface area (Å²) in [5, 5.41) is 0.740. The number of anilines is 2. The van der Waals surface area contributed by atoms with Crippen molar-refractivity contribution in [3.05, 3.63) is 29.7 Å². The Bertz CT molecular complexity index is 741. The van der Waals surface area contributed by atoms with Crippen LogP contribution in [0.15, 0.2) is 28.9 Å². The lowest BCUT2D eigenvalue weighted by molar-refractivity contribution is 0.591. The molecule has 0 saturated heterocycles. The predicted molar refractivity (Wildman–Crippen MR) is 78.9 cm³/mol. The van der Waals surface area contributed by atoms with E-state index in [4.69, 9.17) is 0 Å². The van der Waals surface area contributed by atoms with Crippen molar-refractivity contribution in [2.75, 3.05) is 29.3 Å². The number of fused-ring (bicyclic) bond motifs is 1. The van der Waals surface area contributed by atoms with Crippen molar-refractivity contribution < 1.29 is 8.42 Å². The van der Waals surface area contributed by atoms with E-state index in [1.807, 2.05) is 18.0 Å². The Morgan fingerprint density at radius 1 is 1.25 bits per heavy atom. The smallest absolute Gasteiger partial charge is 0.275 e. The summed E-state index contributed by atoms with van der Waals surface area (Å²) in [5.74, 6) is 0. The number of nitrogens with zero attached hydrogens (tertiary/aromatic N) is 4. The van der Waals surface area contributed by atoms with Gasteiger partial charge in [0, 0.05) is 19.8 Å². The van der Waals surface area contributed by atoms with Gasteiger partial charge in [-0.05, 0) is 13.0 Å². The van der Waals surface area contributed by atoms with E-state index >= 15 is 0 Å². The third-order valence-corrected chi connectivity index (χ3v) is 6.40. The molecule has 0 spiro atoms. The second kappa shape index (κ2) is 4.71. The molecule has 1 aliphatic rings. The van der Waals surface area contributed by atoms with Crippen LogP contribution in [0, 0.1) is 6.92 Å². The summed E-state index contributed by atoms with van der Waals surface area (Å²) >= 11 is 1.19. The van der Waals surface area contributed by atoms with Gasteiger partial charge in [-0.15, -0.1) is 11.3 Å². The number of thiazole rings is 1. The topological polar surface area (TPSA) is 66.4 Å². The number of pyridine rings is 1. The number of likely N-dealkylation sites (N-methyl/N-ethyl adjacent to an activating group) is 1. The van der Waals surface area contributed by atoms with Gasteiger partial charge in [-0.2, -0.15) is 0 Å². The summed E-state index contributed by atoms with van der Waals surface area (Å²) in [6, 6.07) is 1.83. The number of rotatable bonds is 2. The highest BCUT2D eigenvalue weighted by Gasteiger charge is 2.32. The average molecular weight is 310 g/mol. The molecule has 0 unspecified atom stereocenters. The highest BCUT2D eigenvalue weighted by molar-refractivity contribution is 7.94. The van der Waals surface area contributed by atoms with E-state index in [1.165, 1.54) is 21.8 Å². The van der Waals surface area contributed by atoms with Crippen LogP contribution in [0.4, 0.5) is 11.4 Å². The Kier molecular flexibility index (Phi) is 3.14. The van der Waals surface area contributed by atoms with Crippen molar-refractivity contribution in [2.45, 2.75) is 11.1 Å². The lowest BCUT2D eigenvalue weighted by Gasteiger charge is -2.35. The first-order valence-electron chi connectivity index (χ1n) is 6.10. The van der Waals surface area contributed by atoms with Gasteiger partial charge < -0.3 is 4.90 Å². The van der Waals surface area contributed by atoms with Gasteiger partial charge in [0.2, 0.25) is 0 Å². The second-order valence-electron chi connectivity index (χ2n) is 4.56. The van der Waals surface area contributed by atoms with Crippen LogP contribution < -0.4 is 9.21 Å². The maximum Gasteiger partial charge on any atom is 0.275 e. The highest BCUT2D eigenvalue weighted by Crippen LogP contribution is 2.35. The molecule has 0 aliphatic carbocycles. The molecule has 1 aliphatic heterocycles. The van der Waals surface area contributed by atoms with Crippen LogP contribution in [-0.4, -0.2) is 38.5 Å². The van der Waals surface area contributed by atoms with Gasteiger partial charge in [-0.3, -0.25) is 9.29 Å². The van der Waals surface area contributed by atoms with Crippen molar-refractivity contribution in [2.24, 2.45) is 0 Å². The third kappa shape index (κ3) is 2.04. The van der Waals surface area contributed by atoms with E-state index in [9.17, 15) is 8.42 Å². The zero-order valence-electron chi connectivity index (χ0n) is 11.1. The van der Waals surface area contributed by atoms with Gasteiger partial charge in [0.15, 0.2) is 4.21 Å². The van der Waals surface area contributed by atoms with E-state index < -0.39 is 10.0 Å². The van der Waals surface area contributed by atoms with E-state index in [-0.39, 0.29) is 4.21 Å². The highest BCUT2D eigenvalue weighted by atomic mass is 32.2. The fourth-order valence-electron chi connectivity index (χ4n) is 2.19. The number of aromatic nitrogens is 2. The van der Waals surface area contributed by atoms with Crippen LogP contribution in [0.2, 0.25) is 0 Å². The SMILES string of the molecule is Cc1ncc(S(=O)(=O)N2CCN(C)c3ccncc32)s1. The molecule has 6 nitrogen and oxygen atoms in total. The molecule has 2 aromatic heterocycles. The molecule has 3 heterocycles. The van der Waals surface area contributed by atoms with Crippen molar-refractivity contribution in [3.63, 3.8) is 0 Å². The second-order valence-corrected chi connectivity index (χ2v) is 7.89. The first-order chi connectivity index (χ1) is 9.50. The third-order valence-electron chi connectivity index (χ3n) is 3.24. The number of sulfonamides is 1. The fraction of sp³-hybridized carbons (Fsp3) is 0.333. The summed E-state index contributed by atoms with van der Waals surface area (Å²) in [6.45, 7) is 2.85. The zero-order chi connectivity index (χ0) is 14.3. The summed E-state index contributed by atoms with van der Waals surface area (Å²) in [4.78, 5) is 10.1. The van der Waals surface area contributed by atoms with Gasteiger partial charge in [0.05, 0.1) is 35.3 Å². The standard InChI is InChI=1S/C12H14N4O2S2/c1-9-14-8-12(19-9)20(17,18)16-6-5-15(2)10-3-4-13-7-11(10)16/h3-4,7-8H,5-6H2,1-2H3. The zero-order valence-corrected chi connectivity index (χ0v) is 12.8. The molecule has 0 fully saturated rings. The quantitative estimate of drug-likeness (QED) is 0.841. The van der Waals surface area contributed by atoms with E-state index in [1.54, 1.807) is 19.3 Å². The molecule has 0 aromatic carbocycles. The molecule has 0 bridgehead atoms. The molecular formula is C12H14N4O2S2. The molecular weight excluding hydrogens is 296 g/mol. The van der Waals surface area contributed by atoms with E-state index in [0.717, 1.165) is 10.7 Å². The Hall–Kier alpha value is -1.67. The van der Waals surface area contributed by atoms with Gasteiger partial charge in [-0.25, -0.2) is 13.4 Å². The lowest BCUT2D eigenvalue weighted by atomic mass is 10.2. The summed E-state index contributed by atoms with van der Waals surface area (Å²) in [7, 11) is -1.61. The molecule has 0 saturated carbocycles. The summed E-state index contributed by atoms with van der Waals surface area (Å²) in [5.41, 5.74) is 1.49. The van der Waals surface area contributed by atoms with Crippen LogP contribution in [0.5, 0.6) is 0 Å². The average Bonchev–Trinajstić information content (AvgIpc) is 2.87. The molecule has 2 aromatic rings. The molecule has 20 heavy (non-hydrogen) atoms. The summed E-state index contributed by atoms with van der Waals surface area (Å²) < 4.78 is 27.1. The molecule has 0 N–H and O–H groups in total. The van der Waals surface area contributed by atoms with Gasteiger partial charge in [0.1, 0.15) is 0 Å². The molecule has 0 amide bonds. The molecule has 3 rings (SSSR count). The Balaban J connectivity index is 2.10. The number of hydrogen-bond donors (Lipinski definition) is 0. The monoisotopic (exact) mass is 310 g/mol. The van der Waals surface area contributed by atoms with Gasteiger partial charge >= 0.3 is 0 Å². The van der Waals surface area contributed by atoms with Gasteiger partial charge in [-0.1, -0.05) is 0 Å². The molecule has 0 radical (unpaired) electrons. The minimum atomic E-state index is -3.56. The molecule has 8 heteroatoms. The maximum absolute atomic E-state index is 12.7. The first-order valence-corrected chi connectivity index (χ1v) is 8.36. The van der Waals surface area contributed by atoms with E-state index in [2.05, 4.69) is 9.97 Å². The summed E-state index contributed by atoms with van der Waals surface area (Å²) in [6.07, 6.45) is 4.68. The van der Waals surface area contributed by atoms with Gasteiger partial charge in [0.25, 0.3) is 10.0 Å². The minimum absolute atomic E-state index is 0.273. The van der Waals surface area contributed by atoms with Crippen LogP contribution in [0.1, 0.15) is 5.01 Å².